The number of halogens is 1. The van der Waals surface area contributed by atoms with Gasteiger partial charge in [-0.2, -0.15) is 0 Å². The number of fused-ring (bicyclic) bond motifs is 3. The molecule has 0 aromatic carbocycles. The van der Waals surface area contributed by atoms with E-state index in [0.717, 1.165) is 33.5 Å². The van der Waals surface area contributed by atoms with Crippen molar-refractivity contribution >= 4 is 39.1 Å². The lowest BCUT2D eigenvalue weighted by Gasteiger charge is -2.18. The third-order valence-electron chi connectivity index (χ3n) is 3.11. The molecule has 1 aliphatic rings. The zero-order chi connectivity index (χ0) is 12.0. The summed E-state index contributed by atoms with van der Waals surface area (Å²) < 4.78 is 0. The average molecular weight is 269 g/mol. The number of carbonyl (C=O) groups is 1. The number of hydrogen-bond acceptors (Lipinski definition) is 4. The van der Waals surface area contributed by atoms with Gasteiger partial charge in [-0.3, -0.25) is 4.79 Å². The highest BCUT2D eigenvalue weighted by atomic mass is 35.5. The number of aryl methyl sites for hydroxylation is 1. The summed E-state index contributed by atoms with van der Waals surface area (Å²) in [5.74, 6) is -1.17. The van der Waals surface area contributed by atoms with Crippen molar-refractivity contribution in [1.82, 2.24) is 9.97 Å². The second-order valence-electron chi connectivity index (χ2n) is 4.07. The Bertz CT molecular complexity index is 611. The van der Waals surface area contributed by atoms with E-state index in [0.29, 0.717) is 11.6 Å². The monoisotopic (exact) mass is 268 g/mol. The summed E-state index contributed by atoms with van der Waals surface area (Å²) in [6.45, 7) is 0. The van der Waals surface area contributed by atoms with Crippen LogP contribution in [-0.4, -0.2) is 21.0 Å². The molecule has 4 nitrogen and oxygen atoms in total. The van der Waals surface area contributed by atoms with Crippen molar-refractivity contribution in [3.05, 3.63) is 21.9 Å². The molecule has 0 bridgehead atoms. The first-order valence-corrected chi connectivity index (χ1v) is 6.52. The van der Waals surface area contributed by atoms with E-state index in [4.69, 9.17) is 11.6 Å². The van der Waals surface area contributed by atoms with Crippen molar-refractivity contribution in [2.75, 3.05) is 0 Å². The van der Waals surface area contributed by atoms with Gasteiger partial charge in [0.05, 0.1) is 11.3 Å². The van der Waals surface area contributed by atoms with Crippen LogP contribution in [0.4, 0.5) is 0 Å². The molecule has 0 spiro atoms. The molecule has 2 aromatic heterocycles. The van der Waals surface area contributed by atoms with Crippen molar-refractivity contribution in [2.45, 2.75) is 25.2 Å². The van der Waals surface area contributed by atoms with Crippen LogP contribution in [0.15, 0.2) is 6.33 Å². The Balaban J connectivity index is 2.29. The van der Waals surface area contributed by atoms with Crippen LogP contribution >= 0.6 is 22.9 Å². The fourth-order valence-electron chi connectivity index (χ4n) is 2.35. The van der Waals surface area contributed by atoms with Gasteiger partial charge in [-0.15, -0.1) is 11.3 Å². The fraction of sp³-hybridized carbons (Fsp3) is 0.364. The molecule has 2 heterocycles. The van der Waals surface area contributed by atoms with Gasteiger partial charge < -0.3 is 5.11 Å². The molecule has 0 radical (unpaired) electrons. The Morgan fingerprint density at radius 3 is 3.12 bits per heavy atom. The summed E-state index contributed by atoms with van der Waals surface area (Å²) in [4.78, 5) is 21.1. The highest BCUT2D eigenvalue weighted by Crippen LogP contribution is 2.43. The first-order valence-electron chi connectivity index (χ1n) is 5.33. The molecule has 17 heavy (non-hydrogen) atoms. The van der Waals surface area contributed by atoms with Crippen LogP contribution in [0.25, 0.3) is 10.2 Å². The van der Waals surface area contributed by atoms with Crippen LogP contribution < -0.4 is 0 Å². The number of hydrogen-bond donors (Lipinski definition) is 1. The summed E-state index contributed by atoms with van der Waals surface area (Å²) in [5.41, 5.74) is 1.04. The molecule has 1 unspecified atom stereocenters. The van der Waals surface area contributed by atoms with E-state index in [1.165, 1.54) is 17.7 Å². The highest BCUT2D eigenvalue weighted by molar-refractivity contribution is 7.19. The lowest BCUT2D eigenvalue weighted by molar-refractivity contribution is -0.139. The van der Waals surface area contributed by atoms with Crippen molar-refractivity contribution in [2.24, 2.45) is 0 Å². The van der Waals surface area contributed by atoms with E-state index in [-0.39, 0.29) is 0 Å². The predicted octanol–water partition coefficient (Wildman–Crippen LogP) is 2.85. The lowest BCUT2D eigenvalue weighted by Crippen LogP contribution is -2.15. The molecule has 1 aliphatic carbocycles. The second kappa shape index (κ2) is 3.92. The standard InChI is InChI=1S/C11H9ClN2O2S/c12-9-7-5-2-1-3-6(11(15)16)8(5)17-10(7)14-4-13-9/h4,6H,1-3H2,(H,15,16). The Hall–Kier alpha value is -1.20. The van der Waals surface area contributed by atoms with Crippen molar-refractivity contribution in [1.29, 1.82) is 0 Å². The SMILES string of the molecule is O=C(O)C1CCCc2c1sc1ncnc(Cl)c21. The van der Waals surface area contributed by atoms with Crippen LogP contribution in [-0.2, 0) is 11.2 Å². The smallest absolute Gasteiger partial charge is 0.311 e. The normalized spacial score (nSPS) is 19.2. The van der Waals surface area contributed by atoms with Gasteiger partial charge in [0.2, 0.25) is 0 Å². The average Bonchev–Trinajstić information content (AvgIpc) is 2.67. The number of nitrogens with zero attached hydrogens (tertiary/aromatic N) is 2. The lowest BCUT2D eigenvalue weighted by atomic mass is 9.88. The minimum atomic E-state index is -0.762. The third kappa shape index (κ3) is 1.61. The van der Waals surface area contributed by atoms with Gasteiger partial charge in [0.25, 0.3) is 0 Å². The van der Waals surface area contributed by atoms with E-state index in [9.17, 15) is 9.90 Å². The van der Waals surface area contributed by atoms with Gasteiger partial charge in [-0.05, 0) is 24.8 Å². The second-order valence-corrected chi connectivity index (χ2v) is 5.46. The number of carboxylic acids is 1. The molecule has 6 heteroatoms. The van der Waals surface area contributed by atoms with Crippen molar-refractivity contribution in [3.63, 3.8) is 0 Å². The maximum atomic E-state index is 11.2. The summed E-state index contributed by atoms with van der Waals surface area (Å²) in [6.07, 6.45) is 3.86. The van der Waals surface area contributed by atoms with Gasteiger partial charge in [-0.25, -0.2) is 9.97 Å². The Morgan fingerprint density at radius 1 is 1.53 bits per heavy atom. The first-order chi connectivity index (χ1) is 8.18. The summed E-state index contributed by atoms with van der Waals surface area (Å²) in [5, 5.41) is 10.5. The van der Waals surface area contributed by atoms with Gasteiger partial charge in [0.15, 0.2) is 0 Å². The van der Waals surface area contributed by atoms with Gasteiger partial charge in [0.1, 0.15) is 16.3 Å². The Morgan fingerprint density at radius 2 is 2.35 bits per heavy atom. The molecule has 3 rings (SSSR count). The van der Waals surface area contributed by atoms with Gasteiger partial charge >= 0.3 is 5.97 Å². The maximum absolute atomic E-state index is 11.2. The number of aromatic nitrogens is 2. The molecule has 0 saturated heterocycles. The number of carboxylic acid groups (broad SMARTS) is 1. The number of thiophene rings is 1. The van der Waals surface area contributed by atoms with E-state index in [1.54, 1.807) is 0 Å². The minimum Gasteiger partial charge on any atom is -0.481 e. The van der Waals surface area contributed by atoms with E-state index >= 15 is 0 Å². The summed E-state index contributed by atoms with van der Waals surface area (Å²) in [6, 6.07) is 0. The van der Waals surface area contributed by atoms with Crippen LogP contribution in [0.3, 0.4) is 0 Å². The Kier molecular flexibility index (Phi) is 2.52. The van der Waals surface area contributed by atoms with Crippen molar-refractivity contribution < 1.29 is 9.90 Å². The topological polar surface area (TPSA) is 63.1 Å². The maximum Gasteiger partial charge on any atom is 0.311 e. The molecule has 88 valence electrons. The molecular weight excluding hydrogens is 260 g/mol. The Labute approximate surface area is 106 Å². The molecule has 0 saturated carbocycles. The molecule has 1 N–H and O–H groups in total. The summed E-state index contributed by atoms with van der Waals surface area (Å²) >= 11 is 7.50. The largest absolute Gasteiger partial charge is 0.481 e. The minimum absolute atomic E-state index is 0.408. The molecule has 2 aromatic rings. The number of rotatable bonds is 1. The third-order valence-corrected chi connectivity index (χ3v) is 4.65. The zero-order valence-corrected chi connectivity index (χ0v) is 10.4. The van der Waals surface area contributed by atoms with E-state index in [2.05, 4.69) is 9.97 Å². The zero-order valence-electron chi connectivity index (χ0n) is 8.81. The molecule has 0 fully saturated rings. The van der Waals surface area contributed by atoms with Crippen LogP contribution in [0.2, 0.25) is 5.15 Å². The van der Waals surface area contributed by atoms with Crippen LogP contribution in [0.5, 0.6) is 0 Å². The van der Waals surface area contributed by atoms with Gasteiger partial charge in [0, 0.05) is 4.88 Å². The van der Waals surface area contributed by atoms with Crippen molar-refractivity contribution in [3.8, 4) is 0 Å². The van der Waals surface area contributed by atoms with E-state index < -0.39 is 11.9 Å². The molecule has 1 atom stereocenters. The highest BCUT2D eigenvalue weighted by Gasteiger charge is 2.30. The van der Waals surface area contributed by atoms with Gasteiger partial charge in [-0.1, -0.05) is 11.6 Å². The van der Waals surface area contributed by atoms with Crippen LogP contribution in [0.1, 0.15) is 29.2 Å². The first kappa shape index (κ1) is 10.9. The fourth-order valence-corrected chi connectivity index (χ4v) is 3.97. The molecule has 0 amide bonds. The molecular formula is C11H9ClN2O2S. The quantitative estimate of drug-likeness (QED) is 0.808. The van der Waals surface area contributed by atoms with Crippen LogP contribution in [0, 0.1) is 0 Å². The molecule has 0 aliphatic heterocycles. The predicted molar refractivity (Wildman–Crippen MR) is 65.7 cm³/mol. The summed E-state index contributed by atoms with van der Waals surface area (Å²) in [7, 11) is 0. The van der Waals surface area contributed by atoms with E-state index in [1.807, 2.05) is 0 Å². The number of aliphatic carboxylic acids is 1.